The summed E-state index contributed by atoms with van der Waals surface area (Å²) in [6.07, 6.45) is 0. The number of hydrogen-bond donors (Lipinski definition) is 1. The summed E-state index contributed by atoms with van der Waals surface area (Å²) in [4.78, 5) is 16.0. The number of thiophene rings is 1. The van der Waals surface area contributed by atoms with Gasteiger partial charge in [-0.25, -0.2) is 0 Å². The summed E-state index contributed by atoms with van der Waals surface area (Å²) < 4.78 is 11.0. The van der Waals surface area contributed by atoms with Crippen LogP contribution >= 0.6 is 11.3 Å². The lowest BCUT2D eigenvalue weighted by molar-refractivity contribution is -0.114. The third-order valence-corrected chi connectivity index (χ3v) is 6.59. The van der Waals surface area contributed by atoms with Crippen molar-refractivity contribution in [3.05, 3.63) is 46.0 Å². The molecule has 0 aliphatic carbocycles. The fraction of sp³-hybridized carbons (Fsp3) is 0.350. The highest BCUT2D eigenvalue weighted by Gasteiger charge is 2.47. The molecule has 2 aromatic heterocycles. The standard InChI is InChI=1S/C20H22N4O3S/c1-11-12(2)22-23-18-15(11)16(21)17(28-18)19(25)24-9-20(10-24,27-4)13-5-7-14(26-3)8-6-13/h5-8H,9-10,21H2,1-4H3. The molecule has 0 unspecified atom stereocenters. The molecule has 8 heteroatoms. The van der Waals surface area contributed by atoms with E-state index in [0.29, 0.717) is 28.5 Å². The predicted molar refractivity (Wildman–Crippen MR) is 109 cm³/mol. The van der Waals surface area contributed by atoms with Gasteiger partial charge in [-0.15, -0.1) is 16.4 Å². The average Bonchev–Trinajstić information content (AvgIpc) is 3.02. The van der Waals surface area contributed by atoms with Crippen LogP contribution in [-0.4, -0.2) is 48.3 Å². The van der Waals surface area contributed by atoms with Gasteiger partial charge < -0.3 is 20.1 Å². The minimum Gasteiger partial charge on any atom is -0.497 e. The van der Waals surface area contributed by atoms with Gasteiger partial charge >= 0.3 is 0 Å². The summed E-state index contributed by atoms with van der Waals surface area (Å²) in [5.74, 6) is 0.686. The number of fused-ring (bicyclic) bond motifs is 1. The summed E-state index contributed by atoms with van der Waals surface area (Å²) in [5, 5.41) is 9.17. The molecule has 4 rings (SSSR count). The van der Waals surface area contributed by atoms with E-state index in [1.807, 2.05) is 38.1 Å². The second kappa shape index (κ2) is 6.72. The zero-order chi connectivity index (χ0) is 20.1. The van der Waals surface area contributed by atoms with Crippen LogP contribution in [0.3, 0.4) is 0 Å². The molecule has 2 N–H and O–H groups in total. The second-order valence-corrected chi connectivity index (χ2v) is 8.02. The number of carbonyl (C=O) groups excluding carboxylic acids is 1. The molecule has 28 heavy (non-hydrogen) atoms. The Labute approximate surface area is 167 Å². The van der Waals surface area contributed by atoms with Crippen LogP contribution in [0.25, 0.3) is 10.2 Å². The first kappa shape index (κ1) is 18.6. The number of nitrogens with two attached hydrogens (primary N) is 1. The predicted octanol–water partition coefficient (Wildman–Crippen LogP) is 2.90. The molecule has 3 heterocycles. The number of carbonyl (C=O) groups is 1. The number of benzene rings is 1. The molecule has 0 spiro atoms. The minimum absolute atomic E-state index is 0.0984. The first-order valence-corrected chi connectivity index (χ1v) is 9.72. The Balaban J connectivity index is 1.60. The molecule has 7 nitrogen and oxygen atoms in total. The fourth-order valence-electron chi connectivity index (χ4n) is 3.58. The van der Waals surface area contributed by atoms with Crippen LogP contribution in [0.15, 0.2) is 24.3 Å². The maximum atomic E-state index is 13.1. The van der Waals surface area contributed by atoms with E-state index in [2.05, 4.69) is 10.2 Å². The van der Waals surface area contributed by atoms with Crippen molar-refractivity contribution in [3.8, 4) is 5.75 Å². The van der Waals surface area contributed by atoms with Crippen molar-refractivity contribution in [2.24, 2.45) is 0 Å². The van der Waals surface area contributed by atoms with E-state index >= 15 is 0 Å². The van der Waals surface area contributed by atoms with E-state index in [1.165, 1.54) is 11.3 Å². The largest absolute Gasteiger partial charge is 0.497 e. The van der Waals surface area contributed by atoms with Crippen LogP contribution in [-0.2, 0) is 10.3 Å². The fourth-order valence-corrected chi connectivity index (χ4v) is 4.65. The highest BCUT2D eigenvalue weighted by Crippen LogP contribution is 2.40. The Kier molecular flexibility index (Phi) is 4.47. The summed E-state index contributed by atoms with van der Waals surface area (Å²) in [5.41, 5.74) is 9.09. The molecule has 0 saturated carbocycles. The topological polar surface area (TPSA) is 90.6 Å². The van der Waals surface area contributed by atoms with E-state index in [0.717, 1.165) is 28.0 Å². The molecule has 1 amide bonds. The van der Waals surface area contributed by atoms with Crippen molar-refractivity contribution in [3.63, 3.8) is 0 Å². The van der Waals surface area contributed by atoms with Gasteiger partial charge in [0.15, 0.2) is 0 Å². The van der Waals surface area contributed by atoms with Crippen molar-refractivity contribution >= 4 is 33.1 Å². The quantitative estimate of drug-likeness (QED) is 0.727. The lowest BCUT2D eigenvalue weighted by Crippen LogP contribution is -2.62. The van der Waals surface area contributed by atoms with E-state index < -0.39 is 5.60 Å². The molecule has 0 bridgehead atoms. The number of nitrogen functional groups attached to an aromatic ring is 1. The Morgan fingerprint density at radius 2 is 1.86 bits per heavy atom. The Hall–Kier alpha value is -2.71. The zero-order valence-electron chi connectivity index (χ0n) is 16.3. The molecule has 1 aliphatic rings. The van der Waals surface area contributed by atoms with Crippen LogP contribution in [0, 0.1) is 13.8 Å². The van der Waals surface area contributed by atoms with Crippen molar-refractivity contribution in [2.45, 2.75) is 19.4 Å². The normalized spacial score (nSPS) is 15.5. The van der Waals surface area contributed by atoms with Gasteiger partial charge in [0.1, 0.15) is 21.1 Å². The van der Waals surface area contributed by atoms with Gasteiger partial charge in [0, 0.05) is 12.5 Å². The Morgan fingerprint density at radius 1 is 1.18 bits per heavy atom. The number of amides is 1. The first-order chi connectivity index (χ1) is 13.4. The maximum absolute atomic E-state index is 13.1. The van der Waals surface area contributed by atoms with E-state index in [4.69, 9.17) is 15.2 Å². The molecule has 1 fully saturated rings. The summed E-state index contributed by atoms with van der Waals surface area (Å²) in [6.45, 7) is 4.77. The van der Waals surface area contributed by atoms with Gasteiger partial charge in [0.2, 0.25) is 0 Å². The maximum Gasteiger partial charge on any atom is 0.266 e. The second-order valence-electron chi connectivity index (χ2n) is 7.02. The lowest BCUT2D eigenvalue weighted by Gasteiger charge is -2.49. The van der Waals surface area contributed by atoms with Crippen LogP contribution in [0.5, 0.6) is 5.75 Å². The van der Waals surface area contributed by atoms with Crippen molar-refractivity contribution in [2.75, 3.05) is 33.0 Å². The van der Waals surface area contributed by atoms with Crippen molar-refractivity contribution in [1.82, 2.24) is 15.1 Å². The molecule has 146 valence electrons. The Bertz CT molecular complexity index is 1060. The Morgan fingerprint density at radius 3 is 2.46 bits per heavy atom. The number of rotatable bonds is 4. The smallest absolute Gasteiger partial charge is 0.266 e. The van der Waals surface area contributed by atoms with Gasteiger partial charge in [0.25, 0.3) is 5.91 Å². The lowest BCUT2D eigenvalue weighted by atomic mass is 9.85. The number of anilines is 1. The zero-order valence-corrected chi connectivity index (χ0v) is 17.1. The summed E-state index contributed by atoms with van der Waals surface area (Å²) in [6, 6.07) is 7.74. The van der Waals surface area contributed by atoms with Crippen LogP contribution in [0.1, 0.15) is 26.5 Å². The number of aromatic nitrogens is 2. The number of nitrogens with zero attached hydrogens (tertiary/aromatic N) is 3. The molecular formula is C20H22N4O3S. The van der Waals surface area contributed by atoms with Gasteiger partial charge in [-0.3, -0.25) is 4.79 Å². The molecule has 0 atom stereocenters. The molecule has 3 aromatic rings. The highest BCUT2D eigenvalue weighted by atomic mass is 32.1. The first-order valence-electron chi connectivity index (χ1n) is 8.91. The van der Waals surface area contributed by atoms with Crippen molar-refractivity contribution < 1.29 is 14.3 Å². The molecule has 1 aliphatic heterocycles. The SMILES string of the molecule is COc1ccc(C2(OC)CN(C(=O)c3sc4nnc(C)c(C)c4c3N)C2)cc1. The minimum atomic E-state index is -0.514. The van der Waals surface area contributed by atoms with E-state index in [1.54, 1.807) is 19.1 Å². The van der Waals surface area contributed by atoms with E-state index in [9.17, 15) is 4.79 Å². The summed E-state index contributed by atoms with van der Waals surface area (Å²) in [7, 11) is 3.30. The van der Waals surface area contributed by atoms with Gasteiger partial charge in [-0.05, 0) is 37.1 Å². The molecular weight excluding hydrogens is 376 g/mol. The molecule has 1 aromatic carbocycles. The monoisotopic (exact) mass is 398 g/mol. The third kappa shape index (κ3) is 2.71. The van der Waals surface area contributed by atoms with Crippen LogP contribution < -0.4 is 10.5 Å². The number of likely N-dealkylation sites (tertiary alicyclic amines) is 1. The third-order valence-electron chi connectivity index (χ3n) is 5.52. The van der Waals surface area contributed by atoms with Gasteiger partial charge in [-0.1, -0.05) is 12.1 Å². The van der Waals surface area contributed by atoms with Gasteiger partial charge in [0.05, 0.1) is 31.6 Å². The van der Waals surface area contributed by atoms with Crippen LogP contribution in [0.2, 0.25) is 0 Å². The average molecular weight is 398 g/mol. The number of ether oxygens (including phenoxy) is 2. The van der Waals surface area contributed by atoms with Gasteiger partial charge in [-0.2, -0.15) is 5.10 Å². The summed E-state index contributed by atoms with van der Waals surface area (Å²) >= 11 is 1.29. The molecule has 0 radical (unpaired) electrons. The number of hydrogen-bond acceptors (Lipinski definition) is 7. The van der Waals surface area contributed by atoms with Crippen molar-refractivity contribution in [1.29, 1.82) is 0 Å². The highest BCUT2D eigenvalue weighted by molar-refractivity contribution is 7.21. The number of methoxy groups -OCH3 is 2. The van der Waals surface area contributed by atoms with E-state index in [-0.39, 0.29) is 5.91 Å². The molecule has 1 saturated heterocycles. The number of aryl methyl sites for hydroxylation is 2. The van der Waals surface area contributed by atoms with Crippen LogP contribution in [0.4, 0.5) is 5.69 Å².